The molecular weight excluding hydrogens is 502 g/mol. The molecule has 2 aliphatic rings. The van der Waals surface area contributed by atoms with E-state index < -0.39 is 0 Å². The third-order valence-corrected chi connectivity index (χ3v) is 8.68. The topological polar surface area (TPSA) is 47.6 Å². The Morgan fingerprint density at radius 1 is 0.769 bits per heavy atom. The summed E-state index contributed by atoms with van der Waals surface area (Å²) in [7, 11) is 0. The quantitative estimate of drug-likeness (QED) is 0.256. The maximum atomic E-state index is 10.2. The summed E-state index contributed by atoms with van der Waals surface area (Å²) in [5.74, 6) is 1.25. The minimum Gasteiger partial charge on any atom is -0.355 e. The zero-order valence-corrected chi connectivity index (χ0v) is 22.6. The summed E-state index contributed by atoms with van der Waals surface area (Å²) in [5, 5.41) is 11.0. The average molecular weight is 532 g/mol. The first-order valence-electron chi connectivity index (χ1n) is 13.9. The number of rotatable bonds is 4. The van der Waals surface area contributed by atoms with Gasteiger partial charge in [-0.2, -0.15) is 5.26 Å². The van der Waals surface area contributed by atoms with Crippen LogP contribution in [-0.4, -0.2) is 40.5 Å². The summed E-state index contributed by atoms with van der Waals surface area (Å²) in [6.45, 7) is 3.70. The van der Waals surface area contributed by atoms with Gasteiger partial charge in [-0.15, -0.1) is 0 Å². The number of pyridine rings is 1. The molecule has 194 valence electrons. The first kappa shape index (κ1) is 24.2. The highest BCUT2D eigenvalue weighted by atomic mass is 35.5. The predicted octanol–water partition coefficient (Wildman–Crippen LogP) is 6.80. The molecule has 2 aromatic heterocycles. The maximum Gasteiger partial charge on any atom is 0.157 e. The van der Waals surface area contributed by atoms with Gasteiger partial charge in [0.2, 0.25) is 0 Å². The molecule has 1 atom stereocenters. The van der Waals surface area contributed by atoms with Crippen LogP contribution in [0.1, 0.15) is 46.7 Å². The molecule has 1 saturated heterocycles. The molecule has 5 aromatic rings. The fraction of sp³-hybridized carbons (Fsp3) is 0.273. The third kappa shape index (κ3) is 4.16. The molecule has 1 aliphatic heterocycles. The van der Waals surface area contributed by atoms with Crippen LogP contribution in [0, 0.1) is 11.3 Å². The average Bonchev–Trinajstić information content (AvgIpc) is 3.37. The van der Waals surface area contributed by atoms with Crippen LogP contribution in [0.25, 0.3) is 16.7 Å². The molecule has 0 spiro atoms. The van der Waals surface area contributed by atoms with Crippen molar-refractivity contribution in [1.82, 2.24) is 14.3 Å². The fourth-order valence-electron chi connectivity index (χ4n) is 6.64. The highest BCUT2D eigenvalue weighted by Gasteiger charge is 2.31. The van der Waals surface area contributed by atoms with Crippen LogP contribution in [0.3, 0.4) is 0 Å². The molecule has 3 heterocycles. The van der Waals surface area contributed by atoms with Crippen molar-refractivity contribution in [2.24, 2.45) is 0 Å². The molecule has 0 N–H and O–H groups in total. The Balaban J connectivity index is 1.30. The van der Waals surface area contributed by atoms with Gasteiger partial charge >= 0.3 is 0 Å². The van der Waals surface area contributed by atoms with E-state index in [1.54, 1.807) is 0 Å². The highest BCUT2D eigenvalue weighted by molar-refractivity contribution is 6.30. The number of hydrogen-bond donors (Lipinski definition) is 0. The zero-order valence-electron chi connectivity index (χ0n) is 21.9. The lowest BCUT2D eigenvalue weighted by Crippen LogP contribution is -2.48. The Kier molecular flexibility index (Phi) is 6.23. The molecule has 3 aromatic carbocycles. The first-order chi connectivity index (χ1) is 19.2. The van der Waals surface area contributed by atoms with Gasteiger partial charge < -0.3 is 4.90 Å². The number of piperazine rings is 1. The minimum absolute atomic E-state index is 0.176. The molecule has 0 radical (unpaired) electrons. The number of aromatic nitrogens is 2. The van der Waals surface area contributed by atoms with E-state index in [1.807, 2.05) is 18.2 Å². The number of halogens is 1. The Bertz CT molecular complexity index is 1690. The van der Waals surface area contributed by atoms with Crippen LogP contribution >= 0.6 is 11.6 Å². The van der Waals surface area contributed by atoms with Gasteiger partial charge in [0.05, 0.1) is 22.6 Å². The number of benzene rings is 3. The lowest BCUT2D eigenvalue weighted by Gasteiger charge is -2.42. The number of nitriles is 1. The van der Waals surface area contributed by atoms with Crippen molar-refractivity contribution < 1.29 is 0 Å². The van der Waals surface area contributed by atoms with Crippen molar-refractivity contribution in [3.63, 3.8) is 0 Å². The molecule has 1 fully saturated rings. The second kappa shape index (κ2) is 10.0. The molecule has 0 amide bonds. The van der Waals surface area contributed by atoms with Gasteiger partial charge in [-0.3, -0.25) is 9.30 Å². The maximum absolute atomic E-state index is 10.2. The molecule has 5 nitrogen and oxygen atoms in total. The van der Waals surface area contributed by atoms with E-state index in [9.17, 15) is 5.26 Å². The van der Waals surface area contributed by atoms with Crippen LogP contribution in [0.4, 0.5) is 5.82 Å². The lowest BCUT2D eigenvalue weighted by atomic mass is 9.88. The first-order valence-corrected chi connectivity index (χ1v) is 14.2. The van der Waals surface area contributed by atoms with Gasteiger partial charge in [0.1, 0.15) is 11.9 Å². The number of imidazole rings is 1. The second-order valence-corrected chi connectivity index (χ2v) is 11.1. The largest absolute Gasteiger partial charge is 0.355 e. The van der Waals surface area contributed by atoms with E-state index in [4.69, 9.17) is 16.6 Å². The summed E-state index contributed by atoms with van der Waals surface area (Å²) >= 11 is 6.25. The Labute approximate surface area is 233 Å². The normalized spacial score (nSPS) is 16.8. The van der Waals surface area contributed by atoms with Gasteiger partial charge in [0.25, 0.3) is 0 Å². The second-order valence-electron chi connectivity index (χ2n) is 10.6. The van der Waals surface area contributed by atoms with Crippen molar-refractivity contribution in [2.75, 3.05) is 31.1 Å². The van der Waals surface area contributed by atoms with Crippen LogP contribution < -0.4 is 4.90 Å². The molecule has 6 heteroatoms. The Morgan fingerprint density at radius 2 is 1.44 bits per heavy atom. The van der Waals surface area contributed by atoms with E-state index in [1.165, 1.54) is 28.1 Å². The van der Waals surface area contributed by atoms with Crippen molar-refractivity contribution in [3.05, 3.63) is 112 Å². The van der Waals surface area contributed by atoms with Crippen LogP contribution in [0.15, 0.2) is 78.9 Å². The summed E-state index contributed by atoms with van der Waals surface area (Å²) in [4.78, 5) is 10.1. The van der Waals surface area contributed by atoms with Gasteiger partial charge in [-0.05, 0) is 72.2 Å². The number of para-hydroxylation sites is 2. The Morgan fingerprint density at radius 3 is 2.18 bits per heavy atom. The molecule has 0 unspecified atom stereocenters. The molecule has 0 saturated carbocycles. The molecule has 7 rings (SSSR count). The van der Waals surface area contributed by atoms with E-state index in [2.05, 4.69) is 80.9 Å². The van der Waals surface area contributed by atoms with Crippen LogP contribution in [-0.2, 0) is 12.8 Å². The molecule has 1 aliphatic carbocycles. The van der Waals surface area contributed by atoms with Crippen molar-refractivity contribution in [1.29, 1.82) is 5.26 Å². The van der Waals surface area contributed by atoms with E-state index in [0.717, 1.165) is 79.1 Å². The van der Waals surface area contributed by atoms with Gasteiger partial charge in [-0.1, -0.05) is 66.2 Å². The number of anilines is 1. The van der Waals surface area contributed by atoms with Gasteiger partial charge in [0, 0.05) is 31.2 Å². The van der Waals surface area contributed by atoms with Crippen molar-refractivity contribution in [2.45, 2.75) is 31.7 Å². The van der Waals surface area contributed by atoms with E-state index in [-0.39, 0.29) is 6.04 Å². The number of fused-ring (bicyclic) bond motifs is 4. The number of nitrogens with zero attached hydrogens (tertiary/aromatic N) is 5. The smallest absolute Gasteiger partial charge is 0.157 e. The molecular formula is C33H30ClN5. The predicted molar refractivity (Wildman–Crippen MR) is 158 cm³/mol. The summed E-state index contributed by atoms with van der Waals surface area (Å²) in [6, 6.07) is 30.1. The minimum atomic E-state index is 0.176. The highest BCUT2D eigenvalue weighted by Crippen LogP contribution is 2.38. The fourth-order valence-corrected chi connectivity index (χ4v) is 6.77. The SMILES string of the molecule is N#Cc1c2c(c(N3CCN([C@H](c4ccccc4)c4ccc(Cl)cc4)CC3)n3c1nc1ccccc13)CCCC2. The Hall–Kier alpha value is -3.85. The van der Waals surface area contributed by atoms with Crippen molar-refractivity contribution >= 4 is 34.1 Å². The van der Waals surface area contributed by atoms with E-state index >= 15 is 0 Å². The van der Waals surface area contributed by atoms with Gasteiger partial charge in [0.15, 0.2) is 5.65 Å². The number of hydrogen-bond acceptors (Lipinski definition) is 4. The molecule has 0 bridgehead atoms. The van der Waals surface area contributed by atoms with Crippen molar-refractivity contribution in [3.8, 4) is 6.07 Å². The van der Waals surface area contributed by atoms with Crippen LogP contribution in [0.2, 0.25) is 5.02 Å². The van der Waals surface area contributed by atoms with E-state index in [0.29, 0.717) is 0 Å². The summed E-state index contributed by atoms with van der Waals surface area (Å²) in [6.07, 6.45) is 4.26. The third-order valence-electron chi connectivity index (χ3n) is 8.43. The zero-order chi connectivity index (χ0) is 26.3. The molecule has 39 heavy (non-hydrogen) atoms. The summed E-state index contributed by atoms with van der Waals surface area (Å²) < 4.78 is 2.28. The van der Waals surface area contributed by atoms with Crippen LogP contribution in [0.5, 0.6) is 0 Å². The monoisotopic (exact) mass is 531 g/mol. The summed E-state index contributed by atoms with van der Waals surface area (Å²) in [5.41, 5.74) is 8.72. The standard InChI is InChI=1S/C33H30ClN5/c34-25-16-14-24(15-17-25)31(23-8-2-1-3-9-23)37-18-20-38(21-19-37)33-27-11-5-4-10-26(27)28(22-35)32-36-29-12-6-7-13-30(29)39(32)33/h1-3,6-9,12-17,31H,4-5,10-11,18-21H2/t31-/m1/s1. The lowest BCUT2D eigenvalue weighted by molar-refractivity contribution is 0.211. The van der Waals surface area contributed by atoms with Gasteiger partial charge in [-0.25, -0.2) is 4.98 Å².